The predicted molar refractivity (Wildman–Crippen MR) is 86.3 cm³/mol. The molecule has 0 saturated carbocycles. The standard InChI is InChI=1S/C16H20FN3OS/c1-4-15-19-14(10-22-15)9-20(3)16(21)18-11(2)12-6-5-7-13(17)8-12/h5-8,10-11H,4,9H2,1-3H3,(H,18,21). The smallest absolute Gasteiger partial charge is 0.317 e. The highest BCUT2D eigenvalue weighted by molar-refractivity contribution is 7.09. The highest BCUT2D eigenvalue weighted by atomic mass is 32.1. The summed E-state index contributed by atoms with van der Waals surface area (Å²) < 4.78 is 13.2. The summed E-state index contributed by atoms with van der Waals surface area (Å²) in [5.41, 5.74) is 1.63. The lowest BCUT2D eigenvalue weighted by molar-refractivity contribution is 0.203. The van der Waals surface area contributed by atoms with Crippen LogP contribution in [0.15, 0.2) is 29.6 Å². The average molecular weight is 321 g/mol. The number of aromatic nitrogens is 1. The van der Waals surface area contributed by atoms with Crippen LogP contribution in [0.2, 0.25) is 0 Å². The summed E-state index contributed by atoms with van der Waals surface area (Å²) in [5.74, 6) is -0.304. The molecule has 1 aromatic heterocycles. The highest BCUT2D eigenvalue weighted by Gasteiger charge is 2.15. The Balaban J connectivity index is 1.93. The van der Waals surface area contributed by atoms with Crippen LogP contribution < -0.4 is 5.32 Å². The molecule has 2 amide bonds. The molecule has 1 heterocycles. The van der Waals surface area contributed by atoms with E-state index in [-0.39, 0.29) is 17.9 Å². The van der Waals surface area contributed by atoms with Crippen LogP contribution in [0.25, 0.3) is 0 Å². The van der Waals surface area contributed by atoms with Gasteiger partial charge in [0.05, 0.1) is 23.3 Å². The second kappa shape index (κ2) is 7.35. The Morgan fingerprint density at radius 1 is 1.50 bits per heavy atom. The Bertz CT molecular complexity index is 644. The lowest BCUT2D eigenvalue weighted by Crippen LogP contribution is -2.38. The molecule has 0 radical (unpaired) electrons. The number of hydrogen-bond acceptors (Lipinski definition) is 3. The van der Waals surface area contributed by atoms with Crippen LogP contribution in [-0.2, 0) is 13.0 Å². The first-order valence-corrected chi connectivity index (χ1v) is 8.08. The summed E-state index contributed by atoms with van der Waals surface area (Å²) in [6, 6.07) is 5.78. The third-order valence-electron chi connectivity index (χ3n) is 3.34. The summed E-state index contributed by atoms with van der Waals surface area (Å²) in [6.07, 6.45) is 0.900. The van der Waals surface area contributed by atoms with Gasteiger partial charge >= 0.3 is 6.03 Å². The second-order valence-corrected chi connectivity index (χ2v) is 6.11. The van der Waals surface area contributed by atoms with Crippen LogP contribution in [0.1, 0.15) is 36.2 Å². The molecule has 0 saturated heterocycles. The van der Waals surface area contributed by atoms with Crippen LogP contribution in [-0.4, -0.2) is 23.0 Å². The Morgan fingerprint density at radius 2 is 2.27 bits per heavy atom. The maximum Gasteiger partial charge on any atom is 0.317 e. The number of nitrogens with zero attached hydrogens (tertiary/aromatic N) is 2. The van der Waals surface area contributed by atoms with Crippen molar-refractivity contribution in [2.45, 2.75) is 32.9 Å². The van der Waals surface area contributed by atoms with Crippen molar-refractivity contribution in [2.75, 3.05) is 7.05 Å². The lowest BCUT2D eigenvalue weighted by Gasteiger charge is -2.21. The van der Waals surface area contributed by atoms with Gasteiger partial charge in [-0.05, 0) is 31.0 Å². The topological polar surface area (TPSA) is 45.2 Å². The number of carbonyl (C=O) groups is 1. The Labute approximate surface area is 134 Å². The number of rotatable bonds is 5. The number of benzene rings is 1. The molecule has 1 N–H and O–H groups in total. The van der Waals surface area contributed by atoms with E-state index in [9.17, 15) is 9.18 Å². The maximum atomic E-state index is 13.2. The quantitative estimate of drug-likeness (QED) is 0.911. The number of amides is 2. The summed E-state index contributed by atoms with van der Waals surface area (Å²) >= 11 is 1.60. The fourth-order valence-electron chi connectivity index (χ4n) is 2.05. The molecule has 22 heavy (non-hydrogen) atoms. The summed E-state index contributed by atoms with van der Waals surface area (Å²) in [5, 5.41) is 5.90. The van der Waals surface area contributed by atoms with Crippen LogP contribution in [0, 0.1) is 5.82 Å². The number of urea groups is 1. The van der Waals surface area contributed by atoms with Crippen molar-refractivity contribution in [3.63, 3.8) is 0 Å². The van der Waals surface area contributed by atoms with Crippen molar-refractivity contribution in [2.24, 2.45) is 0 Å². The molecule has 0 aliphatic rings. The summed E-state index contributed by atoms with van der Waals surface area (Å²) in [6.45, 7) is 4.34. The monoisotopic (exact) mass is 321 g/mol. The van der Waals surface area contributed by atoms with Gasteiger partial charge in [0.25, 0.3) is 0 Å². The molecule has 0 bridgehead atoms. The molecule has 4 nitrogen and oxygen atoms in total. The SMILES string of the molecule is CCc1nc(CN(C)C(=O)NC(C)c2cccc(F)c2)cs1. The maximum absolute atomic E-state index is 13.2. The van der Waals surface area contributed by atoms with Crippen molar-refractivity contribution in [3.05, 3.63) is 51.7 Å². The van der Waals surface area contributed by atoms with Crippen LogP contribution in [0.4, 0.5) is 9.18 Å². The highest BCUT2D eigenvalue weighted by Crippen LogP contribution is 2.15. The van der Waals surface area contributed by atoms with E-state index >= 15 is 0 Å². The summed E-state index contributed by atoms with van der Waals surface area (Å²) in [7, 11) is 1.72. The van der Waals surface area contributed by atoms with Crippen molar-refractivity contribution in [3.8, 4) is 0 Å². The van der Waals surface area contributed by atoms with E-state index in [1.54, 1.807) is 35.4 Å². The van der Waals surface area contributed by atoms with Gasteiger partial charge in [-0.15, -0.1) is 11.3 Å². The first-order valence-electron chi connectivity index (χ1n) is 7.20. The average Bonchev–Trinajstić information content (AvgIpc) is 2.94. The minimum atomic E-state index is -0.304. The zero-order valence-corrected chi connectivity index (χ0v) is 13.8. The van der Waals surface area contributed by atoms with Crippen LogP contribution in [0.5, 0.6) is 0 Å². The lowest BCUT2D eigenvalue weighted by atomic mass is 10.1. The van der Waals surface area contributed by atoms with Gasteiger partial charge < -0.3 is 10.2 Å². The number of aryl methyl sites for hydroxylation is 1. The minimum Gasteiger partial charge on any atom is -0.331 e. The van der Waals surface area contributed by atoms with Gasteiger partial charge in [0.2, 0.25) is 0 Å². The van der Waals surface area contributed by atoms with Crippen molar-refractivity contribution < 1.29 is 9.18 Å². The van der Waals surface area contributed by atoms with Crippen molar-refractivity contribution in [1.29, 1.82) is 0 Å². The molecule has 118 valence electrons. The molecule has 1 aromatic carbocycles. The van der Waals surface area contributed by atoms with E-state index in [1.807, 2.05) is 12.3 Å². The van der Waals surface area contributed by atoms with Gasteiger partial charge in [-0.2, -0.15) is 0 Å². The van der Waals surface area contributed by atoms with E-state index in [4.69, 9.17) is 0 Å². The molecule has 0 aliphatic heterocycles. The molecule has 2 rings (SSSR count). The second-order valence-electron chi connectivity index (χ2n) is 5.17. The normalized spacial score (nSPS) is 12.0. The van der Waals surface area contributed by atoms with Crippen molar-refractivity contribution in [1.82, 2.24) is 15.2 Å². The number of hydrogen-bond donors (Lipinski definition) is 1. The Hall–Kier alpha value is -1.95. The van der Waals surface area contributed by atoms with Gasteiger partial charge in [0.1, 0.15) is 5.82 Å². The van der Waals surface area contributed by atoms with Gasteiger partial charge in [0, 0.05) is 12.4 Å². The van der Waals surface area contributed by atoms with Gasteiger partial charge in [-0.3, -0.25) is 0 Å². The molecule has 2 aromatic rings. The van der Waals surface area contributed by atoms with Crippen LogP contribution in [0.3, 0.4) is 0 Å². The molecular weight excluding hydrogens is 301 g/mol. The van der Waals surface area contributed by atoms with Gasteiger partial charge in [0.15, 0.2) is 0 Å². The number of halogens is 1. The molecule has 6 heteroatoms. The van der Waals surface area contributed by atoms with Gasteiger partial charge in [-0.25, -0.2) is 14.2 Å². The van der Waals surface area contributed by atoms with Crippen LogP contribution >= 0.6 is 11.3 Å². The predicted octanol–water partition coefficient (Wildman–Crippen LogP) is 3.75. The van der Waals surface area contributed by atoms with E-state index in [0.29, 0.717) is 6.54 Å². The fraction of sp³-hybridized carbons (Fsp3) is 0.375. The molecule has 1 unspecified atom stereocenters. The third kappa shape index (κ3) is 4.27. The Kier molecular flexibility index (Phi) is 5.49. The third-order valence-corrected chi connectivity index (χ3v) is 4.38. The van der Waals surface area contributed by atoms with Crippen molar-refractivity contribution >= 4 is 17.4 Å². The first-order chi connectivity index (χ1) is 10.5. The zero-order valence-electron chi connectivity index (χ0n) is 13.0. The molecule has 0 aliphatic carbocycles. The first kappa shape index (κ1) is 16.4. The van der Waals surface area contributed by atoms with Gasteiger partial charge in [-0.1, -0.05) is 19.1 Å². The Morgan fingerprint density at radius 3 is 2.91 bits per heavy atom. The summed E-state index contributed by atoms with van der Waals surface area (Å²) in [4.78, 5) is 18.2. The fourth-order valence-corrected chi connectivity index (χ4v) is 2.79. The molecule has 0 spiro atoms. The molecular formula is C16H20FN3OS. The number of nitrogens with one attached hydrogen (secondary N) is 1. The van der Waals surface area contributed by atoms with E-state index < -0.39 is 0 Å². The van der Waals surface area contributed by atoms with E-state index in [1.165, 1.54) is 12.1 Å². The zero-order chi connectivity index (χ0) is 16.1. The van der Waals surface area contributed by atoms with E-state index in [2.05, 4.69) is 17.2 Å². The molecule has 1 atom stereocenters. The minimum absolute atomic E-state index is 0.206. The van der Waals surface area contributed by atoms with E-state index in [0.717, 1.165) is 22.7 Å². The number of thiazole rings is 1. The number of carbonyl (C=O) groups excluding carboxylic acids is 1. The largest absolute Gasteiger partial charge is 0.331 e. The molecule has 0 fully saturated rings.